The van der Waals surface area contributed by atoms with E-state index in [-0.39, 0.29) is 75.8 Å². The van der Waals surface area contributed by atoms with Gasteiger partial charge in [0.1, 0.15) is 29.6 Å². The van der Waals surface area contributed by atoms with Crippen molar-refractivity contribution in [3.63, 3.8) is 0 Å². The van der Waals surface area contributed by atoms with Gasteiger partial charge in [0.25, 0.3) is 17.7 Å². The number of piperidine rings is 3. The lowest BCUT2D eigenvalue weighted by molar-refractivity contribution is -0.145. The van der Waals surface area contributed by atoms with Gasteiger partial charge in [-0.1, -0.05) is 13.8 Å². The lowest BCUT2D eigenvalue weighted by Gasteiger charge is -2.50. The molecule has 6 aliphatic heterocycles. The van der Waals surface area contributed by atoms with Gasteiger partial charge < -0.3 is 47.3 Å². The van der Waals surface area contributed by atoms with Gasteiger partial charge >= 0.3 is 12.4 Å². The fourth-order valence-corrected chi connectivity index (χ4v) is 15.1. The number of ketones is 2. The minimum Gasteiger partial charge on any atom is -0.496 e. The molecule has 0 unspecified atom stereocenters. The van der Waals surface area contributed by atoms with E-state index in [1.54, 1.807) is 59.1 Å². The number of nitrogens with zero attached hydrogens (tertiary/aromatic N) is 9. The molecule has 0 aliphatic carbocycles. The van der Waals surface area contributed by atoms with Gasteiger partial charge in [-0.15, -0.1) is 0 Å². The fourth-order valence-electron chi connectivity index (χ4n) is 15.1. The SMILES string of the molecule is CC(=O)c1ccc2n1CCN(C)C21CCN(C(=O)c2ccc(OC(C)C)c(F)c2)CC1.COCCOc1ccc(C(=O)N2CCC3(CC2)c2c(F)cc(C(F)(F)F)n2CCN3C)cc1.COc1ccc(C(=O)N2CCC3(CC2)c2ccc(C(=O)C(C)C)n2CCN3C)cc1C(F)(F)F. The van der Waals surface area contributed by atoms with Gasteiger partial charge in [0.15, 0.2) is 23.1 Å². The molecule has 6 aromatic rings. The molecule has 0 atom stereocenters. The molecule has 3 amide bonds. The Morgan fingerprint density at radius 2 is 0.939 bits per heavy atom. The molecule has 3 spiro atoms. The van der Waals surface area contributed by atoms with Crippen LogP contribution in [0.15, 0.2) is 91.0 Å². The number of methoxy groups -OCH3 is 2. The summed E-state index contributed by atoms with van der Waals surface area (Å²) >= 11 is 0. The first-order valence-electron chi connectivity index (χ1n) is 33.3. The Morgan fingerprint density at radius 3 is 1.40 bits per heavy atom. The molecule has 3 fully saturated rings. The highest BCUT2D eigenvalue weighted by Crippen LogP contribution is 2.48. The zero-order chi connectivity index (χ0) is 71.0. The molecule has 3 aromatic heterocycles. The summed E-state index contributed by atoms with van der Waals surface area (Å²) in [6.07, 6.45) is -5.85. The Morgan fingerprint density at radius 1 is 0.490 bits per heavy atom. The first-order chi connectivity index (χ1) is 46.4. The molecule has 3 saturated heterocycles. The molecule has 0 radical (unpaired) electrons. The third-order valence-corrected chi connectivity index (χ3v) is 20.6. The van der Waals surface area contributed by atoms with Crippen molar-refractivity contribution in [3.8, 4) is 17.2 Å². The van der Waals surface area contributed by atoms with Gasteiger partial charge in [-0.05, 0) is 158 Å². The quantitative estimate of drug-likeness (QED) is 0.0613. The van der Waals surface area contributed by atoms with Crippen LogP contribution in [0.5, 0.6) is 17.2 Å². The van der Waals surface area contributed by atoms with E-state index in [0.29, 0.717) is 113 Å². The maximum Gasteiger partial charge on any atom is 0.431 e. The van der Waals surface area contributed by atoms with Crippen LogP contribution in [0.2, 0.25) is 0 Å². The van der Waals surface area contributed by atoms with Crippen LogP contribution in [0.25, 0.3) is 0 Å². The first kappa shape index (κ1) is 72.7. The van der Waals surface area contributed by atoms with E-state index in [4.69, 9.17) is 18.9 Å². The van der Waals surface area contributed by atoms with E-state index in [2.05, 4.69) is 39.1 Å². The second-order valence-electron chi connectivity index (χ2n) is 26.8. The van der Waals surface area contributed by atoms with Crippen LogP contribution in [-0.4, -0.2) is 186 Å². The topological polar surface area (TPSA) is 156 Å². The third kappa shape index (κ3) is 14.3. The Balaban J connectivity index is 0.000000159. The minimum absolute atomic E-state index is 0.00531. The third-order valence-electron chi connectivity index (χ3n) is 20.6. The molecular formula is C72H87F8N9O9. The lowest BCUT2D eigenvalue weighted by Crippen LogP contribution is -2.57. The first-order valence-corrected chi connectivity index (χ1v) is 33.3. The molecule has 9 heterocycles. The number of carbonyl (C=O) groups is 5. The molecule has 3 aromatic carbocycles. The summed E-state index contributed by atoms with van der Waals surface area (Å²) < 4.78 is 136. The van der Waals surface area contributed by atoms with E-state index in [0.717, 1.165) is 66.7 Å². The molecule has 0 N–H and O–H groups in total. The minimum atomic E-state index is -4.62. The van der Waals surface area contributed by atoms with Crippen molar-refractivity contribution in [2.45, 2.75) is 128 Å². The Kier molecular flexibility index (Phi) is 21.5. The number of carbonyl (C=O) groups excluding carboxylic acids is 5. The molecule has 6 aliphatic rings. The number of amides is 3. The van der Waals surface area contributed by atoms with Crippen molar-refractivity contribution in [1.29, 1.82) is 0 Å². The van der Waals surface area contributed by atoms with Crippen LogP contribution >= 0.6 is 0 Å². The van der Waals surface area contributed by atoms with Gasteiger partial charge in [0.2, 0.25) is 0 Å². The van der Waals surface area contributed by atoms with E-state index < -0.39 is 46.7 Å². The number of ether oxygens (including phenoxy) is 4. The smallest absolute Gasteiger partial charge is 0.431 e. The average molecular weight is 1370 g/mol. The number of hydrogen-bond donors (Lipinski definition) is 0. The number of aromatic nitrogens is 3. The van der Waals surface area contributed by atoms with E-state index in [1.165, 1.54) is 31.4 Å². The van der Waals surface area contributed by atoms with Crippen molar-refractivity contribution in [2.75, 3.05) is 107 Å². The molecule has 0 bridgehead atoms. The average Bonchev–Trinajstić information content (AvgIpc) is 1.51. The normalized spacial score (nSPS) is 18.3. The largest absolute Gasteiger partial charge is 0.496 e. The standard InChI is InChI=1S/C25H30F3N3O3.C24H30FN3O3.C23H27F4N3O3/c1-16(2)22(32)19-6-8-21-24(29(3)13-14-31(19)21)9-11-30(12-10-24)23(33)17-5-7-20(34-4)18(15-17)25(26,27)28;1-16(2)31-21-7-5-18(15-19(21)25)23(30)27-11-9-24(10-12-27)22-8-6-20(17(3)29)28(22)14-13-26(24)4;1-28-11-12-30-19(23(25,26)27)15-18(24)20(30)22(28)7-9-29(10-8-22)21(31)16-3-5-17(6-4-16)33-14-13-32-2/h5-8,15-16H,9-14H2,1-4H3;5-8,15-16H,9-14H2,1-4H3;3-6,15H,7-14H2,1-2H3. The van der Waals surface area contributed by atoms with Crippen LogP contribution < -0.4 is 14.2 Å². The van der Waals surface area contributed by atoms with Crippen molar-refractivity contribution in [3.05, 3.63) is 159 Å². The molecular weight excluding hydrogens is 1290 g/mol. The highest BCUT2D eigenvalue weighted by Gasteiger charge is 2.51. The van der Waals surface area contributed by atoms with Gasteiger partial charge in [-0.3, -0.25) is 38.7 Å². The second kappa shape index (κ2) is 29.0. The van der Waals surface area contributed by atoms with Crippen LogP contribution in [0, 0.1) is 17.6 Å². The Labute approximate surface area is 565 Å². The second-order valence-corrected chi connectivity index (χ2v) is 26.8. The van der Waals surface area contributed by atoms with Crippen molar-refractivity contribution in [2.24, 2.45) is 5.92 Å². The summed E-state index contributed by atoms with van der Waals surface area (Å²) in [6, 6.07) is 23.1. The zero-order valence-electron chi connectivity index (χ0n) is 57.2. The van der Waals surface area contributed by atoms with Gasteiger partial charge in [-0.2, -0.15) is 26.3 Å². The summed E-state index contributed by atoms with van der Waals surface area (Å²) in [4.78, 5) is 75.5. The van der Waals surface area contributed by atoms with Crippen molar-refractivity contribution < 1.29 is 78.0 Å². The maximum absolute atomic E-state index is 14.8. The van der Waals surface area contributed by atoms with Gasteiger partial charge in [0.05, 0.1) is 59.1 Å². The predicted octanol–water partition coefficient (Wildman–Crippen LogP) is 11.9. The van der Waals surface area contributed by atoms with Crippen LogP contribution in [-0.2, 0) is 53.3 Å². The Bertz CT molecular complexity index is 3890. The number of likely N-dealkylation sites (N-methyl/N-ethyl adjacent to an activating group) is 3. The monoisotopic (exact) mass is 1370 g/mol. The maximum atomic E-state index is 14.8. The van der Waals surface area contributed by atoms with Crippen LogP contribution in [0.4, 0.5) is 35.1 Å². The highest BCUT2D eigenvalue weighted by molar-refractivity contribution is 5.97. The number of hydrogen-bond acceptors (Lipinski definition) is 12. The number of fused-ring (bicyclic) bond motifs is 6. The summed E-state index contributed by atoms with van der Waals surface area (Å²) in [7, 11) is 8.73. The number of benzene rings is 3. The summed E-state index contributed by atoms with van der Waals surface area (Å²) in [5, 5.41) is 0. The summed E-state index contributed by atoms with van der Waals surface area (Å²) in [6.45, 7) is 16.1. The highest BCUT2D eigenvalue weighted by atomic mass is 19.4. The number of rotatable bonds is 13. The van der Waals surface area contributed by atoms with Crippen molar-refractivity contribution in [1.82, 2.24) is 43.1 Å². The fraction of sp³-hybridized carbons (Fsp3) is 0.514. The Hall–Kier alpha value is -8.07. The van der Waals surface area contributed by atoms with E-state index in [9.17, 15) is 59.1 Å². The molecule has 26 heteroatoms. The number of Topliss-reactive ketones (excluding diaryl/α,β-unsaturated/α-hetero) is 2. The van der Waals surface area contributed by atoms with Gasteiger partial charge in [0, 0.05) is 133 Å². The molecule has 12 rings (SSSR count). The number of alkyl halides is 6. The van der Waals surface area contributed by atoms with E-state index in [1.807, 2.05) is 57.8 Å². The van der Waals surface area contributed by atoms with Gasteiger partial charge in [-0.25, -0.2) is 8.78 Å². The predicted molar refractivity (Wildman–Crippen MR) is 350 cm³/mol. The van der Waals surface area contributed by atoms with Crippen LogP contribution in [0.1, 0.15) is 154 Å². The summed E-state index contributed by atoms with van der Waals surface area (Å²) in [5.41, 5.74) is 1.30. The lowest BCUT2D eigenvalue weighted by atomic mass is 9.81. The number of likely N-dealkylation sites (tertiary alicyclic amines) is 3. The zero-order valence-corrected chi connectivity index (χ0v) is 57.2. The van der Waals surface area contributed by atoms with Crippen LogP contribution in [0.3, 0.4) is 0 Å². The molecule has 0 saturated carbocycles. The van der Waals surface area contributed by atoms with E-state index >= 15 is 0 Å². The van der Waals surface area contributed by atoms with Crippen molar-refractivity contribution >= 4 is 29.3 Å². The summed E-state index contributed by atoms with van der Waals surface area (Å²) in [5.74, 6) is -1.54. The number of halogens is 8. The molecule has 98 heavy (non-hydrogen) atoms. The molecule has 18 nitrogen and oxygen atoms in total. The molecule has 530 valence electrons.